The van der Waals surface area contributed by atoms with Crippen molar-refractivity contribution in [2.45, 2.75) is 27.3 Å². The van der Waals surface area contributed by atoms with Gasteiger partial charge in [0.2, 0.25) is 0 Å². The molecule has 6 heteroatoms. The highest BCUT2D eigenvalue weighted by Gasteiger charge is 2.15. The predicted molar refractivity (Wildman–Crippen MR) is 104 cm³/mol. The molecule has 2 aromatic carbocycles. The zero-order valence-corrected chi connectivity index (χ0v) is 15.7. The highest BCUT2D eigenvalue weighted by molar-refractivity contribution is 5.72. The fourth-order valence-corrected chi connectivity index (χ4v) is 3.10. The Labute approximate surface area is 158 Å². The maximum Gasteiger partial charge on any atom is 0.161 e. The van der Waals surface area contributed by atoms with Gasteiger partial charge in [-0.3, -0.25) is 4.68 Å². The summed E-state index contributed by atoms with van der Waals surface area (Å²) in [6.45, 7) is 6.31. The van der Waals surface area contributed by atoms with E-state index in [0.29, 0.717) is 18.9 Å². The van der Waals surface area contributed by atoms with Gasteiger partial charge in [0.1, 0.15) is 5.75 Å². The molecule has 3 aromatic rings. The highest BCUT2D eigenvalue weighted by atomic mass is 16.5. The number of hydrogen-bond acceptors (Lipinski definition) is 5. The molecule has 0 amide bonds. The van der Waals surface area contributed by atoms with Gasteiger partial charge in [0, 0.05) is 11.1 Å². The summed E-state index contributed by atoms with van der Waals surface area (Å²) < 4.78 is 7.21. The SMILES string of the molecule is CCOc1cc(-c2cc(-c3cc(C)c(O)c(C)c3)nn2CCO)ccc1O. The number of aryl methyl sites for hydroxylation is 2. The summed E-state index contributed by atoms with van der Waals surface area (Å²) in [4.78, 5) is 0. The summed E-state index contributed by atoms with van der Waals surface area (Å²) >= 11 is 0. The van der Waals surface area contributed by atoms with Gasteiger partial charge in [0.25, 0.3) is 0 Å². The molecule has 0 saturated carbocycles. The van der Waals surface area contributed by atoms with Crippen LogP contribution in [0.2, 0.25) is 0 Å². The van der Waals surface area contributed by atoms with Gasteiger partial charge in [-0.15, -0.1) is 0 Å². The molecule has 1 heterocycles. The summed E-state index contributed by atoms with van der Waals surface area (Å²) in [6.07, 6.45) is 0. The monoisotopic (exact) mass is 368 g/mol. The standard InChI is InChI=1S/C21H24N2O4/c1-4-27-20-11-15(5-6-19(20)25)18-12-17(22-23(18)7-8-24)16-9-13(2)21(26)14(3)10-16/h5-6,9-12,24-26H,4,7-8H2,1-3H3. The molecular formula is C21H24N2O4. The van der Waals surface area contributed by atoms with Crippen molar-refractivity contribution in [3.63, 3.8) is 0 Å². The maximum atomic E-state index is 10.0. The molecule has 1 aromatic heterocycles. The number of aliphatic hydroxyl groups is 1. The molecule has 0 bridgehead atoms. The van der Waals surface area contributed by atoms with E-state index in [1.165, 1.54) is 0 Å². The lowest BCUT2D eigenvalue weighted by molar-refractivity contribution is 0.270. The Balaban J connectivity index is 2.10. The Morgan fingerprint density at radius 1 is 1.00 bits per heavy atom. The van der Waals surface area contributed by atoms with Gasteiger partial charge in [-0.1, -0.05) is 0 Å². The molecule has 0 radical (unpaired) electrons. The average Bonchev–Trinajstić information content (AvgIpc) is 3.05. The number of aromatic nitrogens is 2. The van der Waals surface area contributed by atoms with Crippen LogP contribution < -0.4 is 4.74 Å². The zero-order valence-electron chi connectivity index (χ0n) is 15.7. The van der Waals surface area contributed by atoms with Crippen LogP contribution in [0, 0.1) is 13.8 Å². The summed E-state index contributed by atoms with van der Waals surface area (Å²) in [5, 5.41) is 34.0. The van der Waals surface area contributed by atoms with Crippen LogP contribution in [0.15, 0.2) is 36.4 Å². The molecule has 0 aliphatic heterocycles. The Kier molecular flexibility index (Phi) is 5.37. The molecule has 6 nitrogen and oxygen atoms in total. The largest absolute Gasteiger partial charge is 0.507 e. The number of ether oxygens (including phenoxy) is 1. The fraction of sp³-hybridized carbons (Fsp3) is 0.286. The third-order valence-electron chi connectivity index (χ3n) is 4.43. The van der Waals surface area contributed by atoms with E-state index in [9.17, 15) is 15.3 Å². The first kappa shape index (κ1) is 18.8. The van der Waals surface area contributed by atoms with Gasteiger partial charge < -0.3 is 20.1 Å². The number of rotatable bonds is 6. The molecule has 27 heavy (non-hydrogen) atoms. The van der Waals surface area contributed by atoms with Crippen LogP contribution in [0.25, 0.3) is 22.5 Å². The van der Waals surface area contributed by atoms with E-state index >= 15 is 0 Å². The number of aromatic hydroxyl groups is 2. The lowest BCUT2D eigenvalue weighted by atomic mass is 10.0. The summed E-state index contributed by atoms with van der Waals surface area (Å²) in [7, 11) is 0. The van der Waals surface area contributed by atoms with E-state index in [-0.39, 0.29) is 18.1 Å². The first-order valence-corrected chi connectivity index (χ1v) is 8.90. The topological polar surface area (TPSA) is 87.7 Å². The quantitative estimate of drug-likeness (QED) is 0.618. The molecule has 0 spiro atoms. The van der Waals surface area contributed by atoms with E-state index in [0.717, 1.165) is 33.6 Å². The van der Waals surface area contributed by atoms with Gasteiger partial charge in [-0.2, -0.15) is 5.10 Å². The molecule has 0 saturated heterocycles. The van der Waals surface area contributed by atoms with Crippen LogP contribution in [-0.2, 0) is 6.54 Å². The third-order valence-corrected chi connectivity index (χ3v) is 4.43. The van der Waals surface area contributed by atoms with Gasteiger partial charge in [0.15, 0.2) is 11.5 Å². The number of phenolic OH excluding ortho intramolecular Hbond substituents is 2. The van der Waals surface area contributed by atoms with Crippen LogP contribution in [0.1, 0.15) is 18.1 Å². The molecule has 3 rings (SSSR count). The van der Waals surface area contributed by atoms with E-state index in [1.807, 2.05) is 39.0 Å². The van der Waals surface area contributed by atoms with Gasteiger partial charge in [0.05, 0.1) is 31.1 Å². The minimum absolute atomic E-state index is 0.0435. The zero-order chi connectivity index (χ0) is 19.6. The van der Waals surface area contributed by atoms with Crippen molar-refractivity contribution in [3.8, 4) is 39.8 Å². The Hall–Kier alpha value is -2.99. The van der Waals surface area contributed by atoms with Crippen LogP contribution in [-0.4, -0.2) is 38.3 Å². The van der Waals surface area contributed by atoms with Gasteiger partial charge in [-0.05, 0) is 68.3 Å². The number of aliphatic hydroxyl groups excluding tert-OH is 1. The molecule has 0 atom stereocenters. The van der Waals surface area contributed by atoms with Crippen molar-refractivity contribution in [1.82, 2.24) is 9.78 Å². The smallest absolute Gasteiger partial charge is 0.161 e. The van der Waals surface area contributed by atoms with Crippen molar-refractivity contribution in [2.75, 3.05) is 13.2 Å². The second kappa shape index (κ2) is 7.72. The second-order valence-electron chi connectivity index (χ2n) is 6.44. The van der Waals surface area contributed by atoms with E-state index < -0.39 is 0 Å². The number of benzene rings is 2. The van der Waals surface area contributed by atoms with Gasteiger partial charge >= 0.3 is 0 Å². The van der Waals surface area contributed by atoms with Crippen molar-refractivity contribution in [2.24, 2.45) is 0 Å². The van der Waals surface area contributed by atoms with Crippen LogP contribution in [0.5, 0.6) is 17.2 Å². The van der Waals surface area contributed by atoms with Crippen LogP contribution in [0.4, 0.5) is 0 Å². The van der Waals surface area contributed by atoms with Crippen molar-refractivity contribution in [1.29, 1.82) is 0 Å². The van der Waals surface area contributed by atoms with Gasteiger partial charge in [-0.25, -0.2) is 0 Å². The van der Waals surface area contributed by atoms with Crippen molar-refractivity contribution < 1.29 is 20.1 Å². The van der Waals surface area contributed by atoms with Crippen molar-refractivity contribution >= 4 is 0 Å². The summed E-state index contributed by atoms with van der Waals surface area (Å²) in [5.41, 5.74) is 4.84. The molecule has 0 aliphatic rings. The van der Waals surface area contributed by atoms with Crippen molar-refractivity contribution in [3.05, 3.63) is 47.5 Å². The minimum Gasteiger partial charge on any atom is -0.507 e. The fourth-order valence-electron chi connectivity index (χ4n) is 3.10. The molecule has 0 unspecified atom stereocenters. The third kappa shape index (κ3) is 3.75. The lowest BCUT2D eigenvalue weighted by Crippen LogP contribution is -2.06. The number of hydrogen-bond donors (Lipinski definition) is 3. The maximum absolute atomic E-state index is 10.0. The van der Waals surface area contributed by atoms with Crippen LogP contribution >= 0.6 is 0 Å². The Morgan fingerprint density at radius 2 is 1.70 bits per heavy atom. The molecule has 142 valence electrons. The molecular weight excluding hydrogens is 344 g/mol. The van der Waals surface area contributed by atoms with E-state index in [4.69, 9.17) is 4.74 Å². The molecule has 0 aliphatic carbocycles. The average molecular weight is 368 g/mol. The second-order valence-corrected chi connectivity index (χ2v) is 6.44. The Bertz CT molecular complexity index is 940. The summed E-state index contributed by atoms with van der Waals surface area (Å²) in [5.74, 6) is 0.775. The van der Waals surface area contributed by atoms with E-state index in [1.54, 1.807) is 22.9 Å². The summed E-state index contributed by atoms with van der Waals surface area (Å²) in [6, 6.07) is 10.9. The predicted octanol–water partition coefficient (Wildman–Crippen LogP) is 3.64. The molecule has 0 fully saturated rings. The number of nitrogens with zero attached hydrogens (tertiary/aromatic N) is 2. The number of phenols is 2. The normalized spacial score (nSPS) is 11.0. The first-order chi connectivity index (χ1) is 12.9. The van der Waals surface area contributed by atoms with E-state index in [2.05, 4.69) is 5.10 Å². The highest BCUT2D eigenvalue weighted by Crippen LogP contribution is 2.35. The van der Waals surface area contributed by atoms with Crippen LogP contribution in [0.3, 0.4) is 0 Å². The Morgan fingerprint density at radius 3 is 2.33 bits per heavy atom. The lowest BCUT2D eigenvalue weighted by Gasteiger charge is -2.09. The minimum atomic E-state index is -0.0435. The molecule has 3 N–H and O–H groups in total. The first-order valence-electron chi connectivity index (χ1n) is 8.90.